The first-order chi connectivity index (χ1) is 19.3. The van der Waals surface area contributed by atoms with Gasteiger partial charge in [-0.15, -0.1) is 13.2 Å². The number of nitrogens with zero attached hydrogens (tertiary/aromatic N) is 5. The Morgan fingerprint density at radius 2 is 1.78 bits per heavy atom. The first-order valence-electron chi connectivity index (χ1n) is 11.4. The molecule has 3 rings (SSSR count). The predicted octanol–water partition coefficient (Wildman–Crippen LogP) is 5.60. The minimum atomic E-state index is -4.91. The maximum Gasteiger partial charge on any atom is 0.573 e. The molecule has 1 heterocycles. The van der Waals surface area contributed by atoms with E-state index >= 15 is 0 Å². The molecule has 0 fully saturated rings. The number of nitrogens with one attached hydrogen (secondary N) is 3. The molecule has 3 aromatic rings. The van der Waals surface area contributed by atoms with E-state index in [2.05, 4.69) is 52.4 Å². The van der Waals surface area contributed by atoms with Crippen molar-refractivity contribution in [1.82, 2.24) is 20.7 Å². The zero-order valence-electron chi connectivity index (χ0n) is 21.1. The zero-order chi connectivity index (χ0) is 30.0. The Morgan fingerprint density at radius 1 is 1.05 bits per heavy atom. The highest BCUT2D eigenvalue weighted by molar-refractivity contribution is 5.96. The zero-order valence-corrected chi connectivity index (χ0v) is 21.1. The Morgan fingerprint density at radius 3 is 2.41 bits per heavy atom. The third kappa shape index (κ3) is 10.6. The lowest BCUT2D eigenvalue weighted by atomic mass is 10.2. The molecule has 9 nitrogen and oxygen atoms in total. The van der Waals surface area contributed by atoms with Gasteiger partial charge in [0.25, 0.3) is 0 Å². The fourth-order valence-corrected chi connectivity index (χ4v) is 2.98. The summed E-state index contributed by atoms with van der Waals surface area (Å²) >= 11 is 0. The van der Waals surface area contributed by atoms with Gasteiger partial charge in [-0.3, -0.25) is 15.0 Å². The van der Waals surface area contributed by atoms with Crippen LogP contribution in [0.15, 0.2) is 88.5 Å². The fourth-order valence-electron chi connectivity index (χ4n) is 2.98. The van der Waals surface area contributed by atoms with Crippen LogP contribution in [0.3, 0.4) is 0 Å². The summed E-state index contributed by atoms with van der Waals surface area (Å²) in [6, 6.07) is 7.13. The van der Waals surface area contributed by atoms with Crippen molar-refractivity contribution in [2.75, 3.05) is 5.32 Å². The van der Waals surface area contributed by atoms with Crippen LogP contribution in [0.25, 0.3) is 0 Å². The number of anilines is 1. The van der Waals surface area contributed by atoms with E-state index in [1.165, 1.54) is 36.9 Å². The van der Waals surface area contributed by atoms with Crippen LogP contribution in [0, 0.1) is 5.82 Å². The van der Waals surface area contributed by atoms with Gasteiger partial charge in [-0.05, 0) is 55.0 Å². The number of hydrogen-bond donors (Lipinski definition) is 3. The van der Waals surface area contributed by atoms with E-state index in [0.717, 1.165) is 18.2 Å². The Labute approximate surface area is 228 Å². The molecule has 0 spiro atoms. The van der Waals surface area contributed by atoms with Gasteiger partial charge in [0.05, 0.1) is 30.2 Å². The smallest absolute Gasteiger partial charge is 0.406 e. The number of alkyl halides is 6. The molecule has 0 atom stereocenters. The molecule has 1 aromatic heterocycles. The molecular formula is C25H21F7N8O. The van der Waals surface area contributed by atoms with Gasteiger partial charge in [0.2, 0.25) is 5.96 Å². The monoisotopic (exact) mass is 582 g/mol. The second-order valence-electron chi connectivity index (χ2n) is 7.93. The highest BCUT2D eigenvalue weighted by Crippen LogP contribution is 2.33. The number of hydrazone groups is 1. The first-order valence-corrected chi connectivity index (χ1v) is 11.4. The molecule has 0 unspecified atom stereocenters. The highest BCUT2D eigenvalue weighted by atomic mass is 19.4. The second kappa shape index (κ2) is 13.4. The molecule has 0 aliphatic carbocycles. The van der Waals surface area contributed by atoms with Crippen LogP contribution in [-0.2, 0) is 12.7 Å². The molecule has 0 bridgehead atoms. The average Bonchev–Trinajstić information content (AvgIpc) is 2.88. The molecule has 0 aliphatic rings. The topological polar surface area (TPSA) is 108 Å². The van der Waals surface area contributed by atoms with E-state index in [0.29, 0.717) is 23.4 Å². The summed E-state index contributed by atoms with van der Waals surface area (Å²) in [5, 5.41) is 9.21. The predicted molar refractivity (Wildman–Crippen MR) is 137 cm³/mol. The lowest BCUT2D eigenvalue weighted by molar-refractivity contribution is -0.274. The van der Waals surface area contributed by atoms with Crippen molar-refractivity contribution >= 4 is 23.7 Å². The Bertz CT molecular complexity index is 1420. The summed E-state index contributed by atoms with van der Waals surface area (Å²) in [4.78, 5) is 16.5. The van der Waals surface area contributed by atoms with E-state index in [4.69, 9.17) is 0 Å². The number of halogens is 7. The number of aromatic nitrogens is 2. The third-order valence-corrected chi connectivity index (χ3v) is 4.69. The summed E-state index contributed by atoms with van der Waals surface area (Å²) in [5.41, 5.74) is 1.92. The maximum absolute atomic E-state index is 13.6. The lowest BCUT2D eigenvalue weighted by Crippen LogP contribution is -2.36. The Hall–Kier alpha value is -5.02. The molecule has 216 valence electrons. The highest BCUT2D eigenvalue weighted by Gasteiger charge is 2.34. The minimum Gasteiger partial charge on any atom is -0.406 e. The van der Waals surface area contributed by atoms with Crippen LogP contribution in [0.2, 0.25) is 0 Å². The Balaban J connectivity index is 1.75. The molecular weight excluding hydrogens is 561 g/mol. The van der Waals surface area contributed by atoms with Gasteiger partial charge in [0.15, 0.2) is 0 Å². The van der Waals surface area contributed by atoms with Gasteiger partial charge in [-0.25, -0.2) is 9.82 Å². The normalized spacial score (nSPS) is 12.8. The SMILES string of the molecule is C=C(NC(=NC(C)=NCc1cnccn1)N/N=C/c1ccc(OC(F)(F)F)cc1)Nc1ccc(F)c(C(F)(F)F)c1. The van der Waals surface area contributed by atoms with Crippen LogP contribution in [0.5, 0.6) is 5.75 Å². The van der Waals surface area contributed by atoms with Gasteiger partial charge >= 0.3 is 12.5 Å². The minimum absolute atomic E-state index is 0.0680. The first kappa shape index (κ1) is 30.5. The summed E-state index contributed by atoms with van der Waals surface area (Å²) in [6.07, 6.45) is -3.99. The number of rotatable bonds is 8. The van der Waals surface area contributed by atoms with Crippen LogP contribution < -0.4 is 20.8 Å². The number of aliphatic imine (C=N–C) groups is 2. The van der Waals surface area contributed by atoms with Crippen LogP contribution >= 0.6 is 0 Å². The molecule has 2 aromatic carbocycles. The summed E-state index contributed by atoms with van der Waals surface area (Å²) in [7, 11) is 0. The van der Waals surface area contributed by atoms with Crippen molar-refractivity contribution in [1.29, 1.82) is 0 Å². The maximum atomic E-state index is 13.6. The molecule has 41 heavy (non-hydrogen) atoms. The van der Waals surface area contributed by atoms with E-state index in [1.54, 1.807) is 6.92 Å². The van der Waals surface area contributed by atoms with E-state index in [1.807, 2.05) is 0 Å². The van der Waals surface area contributed by atoms with Crippen molar-refractivity contribution in [3.8, 4) is 5.75 Å². The second-order valence-corrected chi connectivity index (χ2v) is 7.93. The Kier molecular flexibility index (Phi) is 9.95. The summed E-state index contributed by atoms with van der Waals surface area (Å²) in [6.45, 7) is 5.37. The van der Waals surface area contributed by atoms with Crippen molar-refractivity contribution < 1.29 is 35.5 Å². The quantitative estimate of drug-likeness (QED) is 0.138. The molecule has 0 amide bonds. The van der Waals surface area contributed by atoms with Crippen LogP contribution in [0.4, 0.5) is 36.4 Å². The van der Waals surface area contributed by atoms with Gasteiger partial charge in [0.1, 0.15) is 23.2 Å². The van der Waals surface area contributed by atoms with E-state index in [-0.39, 0.29) is 29.8 Å². The molecule has 0 aliphatic heterocycles. The fraction of sp³-hybridized carbons (Fsp3) is 0.160. The van der Waals surface area contributed by atoms with Gasteiger partial charge in [-0.1, -0.05) is 6.58 Å². The number of guanidine groups is 1. The van der Waals surface area contributed by atoms with Gasteiger partial charge in [0, 0.05) is 18.1 Å². The molecule has 3 N–H and O–H groups in total. The van der Waals surface area contributed by atoms with Gasteiger partial charge < -0.3 is 15.4 Å². The number of amidine groups is 1. The van der Waals surface area contributed by atoms with E-state index in [9.17, 15) is 30.7 Å². The molecule has 16 heteroatoms. The largest absolute Gasteiger partial charge is 0.573 e. The summed E-state index contributed by atoms with van der Waals surface area (Å²) in [5.74, 6) is -1.79. The van der Waals surface area contributed by atoms with Crippen molar-refractivity contribution in [2.45, 2.75) is 26.0 Å². The standard InChI is InChI=1S/C25H21F7N8O/c1-15(35-14-19-13-33-9-10-34-19)38-23(40-36-12-17-3-6-20(7-4-17)41-25(30,31)32)39-16(2)37-18-5-8-22(26)21(11-18)24(27,28)29/h3-13,37H,2,14H2,1H3,(H2,35,38,39,40)/b36-12+. The van der Waals surface area contributed by atoms with Crippen LogP contribution in [0.1, 0.15) is 23.7 Å². The van der Waals surface area contributed by atoms with Crippen molar-refractivity contribution in [3.63, 3.8) is 0 Å². The average molecular weight is 582 g/mol. The third-order valence-electron chi connectivity index (χ3n) is 4.69. The van der Waals surface area contributed by atoms with Gasteiger partial charge in [-0.2, -0.15) is 23.3 Å². The molecule has 0 saturated heterocycles. The summed E-state index contributed by atoms with van der Waals surface area (Å²) < 4.78 is 93.6. The van der Waals surface area contributed by atoms with E-state index < -0.39 is 29.7 Å². The van der Waals surface area contributed by atoms with Crippen molar-refractivity contribution in [3.05, 3.63) is 96.1 Å². The number of benzene rings is 2. The lowest BCUT2D eigenvalue weighted by Gasteiger charge is -2.15. The van der Waals surface area contributed by atoms with Crippen molar-refractivity contribution in [2.24, 2.45) is 15.1 Å². The molecule has 0 saturated carbocycles. The number of hydrogen-bond acceptors (Lipinski definition) is 6. The molecule has 0 radical (unpaired) electrons. The van der Waals surface area contributed by atoms with Crippen LogP contribution in [-0.4, -0.2) is 34.3 Å². The number of ether oxygens (including phenoxy) is 1.